The predicted octanol–water partition coefficient (Wildman–Crippen LogP) is 0.282. The van der Waals surface area contributed by atoms with E-state index in [0.29, 0.717) is 26.2 Å². The molecule has 0 radical (unpaired) electrons. The highest BCUT2D eigenvalue weighted by molar-refractivity contribution is 5.94. The summed E-state index contributed by atoms with van der Waals surface area (Å²) in [6, 6.07) is 4.62. The Hall–Kier alpha value is -2.52. The average molecular weight is 322 g/mol. The second kappa shape index (κ2) is 7.65. The molecule has 1 aromatic carbocycles. The maximum atomic E-state index is 12.1. The number of hydrogen-bond donors (Lipinski definition) is 3. The van der Waals surface area contributed by atoms with E-state index in [0.717, 1.165) is 0 Å². The number of carboxylic acids is 1. The smallest absolute Gasteiger partial charge is 0.321 e. The standard InChI is InChI=1S/C14H18N4O5/c19-13(16-10-2-1-3-11(8-10)18(22)23)9-12(14(20)21)17-6-4-15-5-7-17/h1-3,8,12,15H,4-7,9H2,(H,16,19)(H,20,21). The van der Waals surface area contributed by atoms with Crippen LogP contribution in [-0.4, -0.2) is 59.0 Å². The van der Waals surface area contributed by atoms with Gasteiger partial charge in [0.1, 0.15) is 6.04 Å². The lowest BCUT2D eigenvalue weighted by Crippen LogP contribution is -2.52. The van der Waals surface area contributed by atoms with E-state index < -0.39 is 22.8 Å². The molecule has 2 rings (SSSR count). The van der Waals surface area contributed by atoms with Crippen molar-refractivity contribution in [2.45, 2.75) is 12.5 Å². The van der Waals surface area contributed by atoms with Crippen LogP contribution in [0.4, 0.5) is 11.4 Å². The molecule has 0 saturated carbocycles. The number of nitrogens with zero attached hydrogens (tertiary/aromatic N) is 2. The molecule has 0 bridgehead atoms. The van der Waals surface area contributed by atoms with Crippen LogP contribution in [0.3, 0.4) is 0 Å². The van der Waals surface area contributed by atoms with Crippen LogP contribution in [0.1, 0.15) is 6.42 Å². The Labute approximate surface area is 132 Å². The van der Waals surface area contributed by atoms with Crippen LogP contribution < -0.4 is 10.6 Å². The molecule has 0 spiro atoms. The van der Waals surface area contributed by atoms with Crippen molar-refractivity contribution in [1.82, 2.24) is 10.2 Å². The molecule has 1 heterocycles. The van der Waals surface area contributed by atoms with Gasteiger partial charge in [-0.2, -0.15) is 0 Å². The number of hydrogen-bond acceptors (Lipinski definition) is 6. The average Bonchev–Trinajstić information content (AvgIpc) is 2.53. The van der Waals surface area contributed by atoms with E-state index in [9.17, 15) is 24.8 Å². The second-order valence-electron chi connectivity index (χ2n) is 5.20. The van der Waals surface area contributed by atoms with Crippen LogP contribution in [0.2, 0.25) is 0 Å². The zero-order valence-corrected chi connectivity index (χ0v) is 12.4. The van der Waals surface area contributed by atoms with Gasteiger partial charge in [0.25, 0.3) is 5.69 Å². The van der Waals surface area contributed by atoms with Gasteiger partial charge in [-0.15, -0.1) is 0 Å². The summed E-state index contributed by atoms with van der Waals surface area (Å²) < 4.78 is 0. The lowest BCUT2D eigenvalue weighted by atomic mass is 10.1. The number of carbonyl (C=O) groups is 2. The van der Waals surface area contributed by atoms with Gasteiger partial charge in [0.15, 0.2) is 0 Å². The highest BCUT2D eigenvalue weighted by Gasteiger charge is 2.29. The second-order valence-corrected chi connectivity index (χ2v) is 5.20. The number of amides is 1. The Bertz CT molecular complexity index is 601. The molecule has 1 unspecified atom stereocenters. The molecule has 1 aromatic rings. The summed E-state index contributed by atoms with van der Waals surface area (Å²) in [5.41, 5.74) is 0.133. The van der Waals surface area contributed by atoms with Gasteiger partial charge in [-0.25, -0.2) is 0 Å². The summed E-state index contributed by atoms with van der Waals surface area (Å²) in [5.74, 6) is -1.54. The van der Waals surface area contributed by atoms with Crippen molar-refractivity contribution in [1.29, 1.82) is 0 Å². The molecule has 0 aliphatic carbocycles. The molecule has 1 aliphatic heterocycles. The van der Waals surface area contributed by atoms with Crippen molar-refractivity contribution in [3.05, 3.63) is 34.4 Å². The fourth-order valence-electron chi connectivity index (χ4n) is 2.45. The van der Waals surface area contributed by atoms with E-state index in [2.05, 4.69) is 10.6 Å². The van der Waals surface area contributed by atoms with Crippen LogP contribution >= 0.6 is 0 Å². The monoisotopic (exact) mass is 322 g/mol. The lowest BCUT2D eigenvalue weighted by molar-refractivity contribution is -0.384. The third-order valence-electron chi connectivity index (χ3n) is 3.60. The number of rotatable bonds is 6. The Morgan fingerprint density at radius 2 is 2.09 bits per heavy atom. The summed E-state index contributed by atoms with van der Waals surface area (Å²) in [7, 11) is 0. The Balaban J connectivity index is 2.00. The Morgan fingerprint density at radius 3 is 2.70 bits per heavy atom. The lowest BCUT2D eigenvalue weighted by Gasteiger charge is -2.32. The quantitative estimate of drug-likeness (QED) is 0.507. The number of nitrogens with one attached hydrogen (secondary N) is 2. The Kier molecular flexibility index (Phi) is 5.61. The minimum atomic E-state index is -1.05. The van der Waals surface area contributed by atoms with Gasteiger partial charge in [-0.1, -0.05) is 6.07 Å². The molecule has 23 heavy (non-hydrogen) atoms. The van der Waals surface area contributed by atoms with Gasteiger partial charge in [-0.05, 0) is 6.07 Å². The molecular weight excluding hydrogens is 304 g/mol. The fraction of sp³-hybridized carbons (Fsp3) is 0.429. The number of aliphatic carboxylic acids is 1. The van der Waals surface area contributed by atoms with Crippen LogP contribution in [0.5, 0.6) is 0 Å². The highest BCUT2D eigenvalue weighted by atomic mass is 16.6. The van der Waals surface area contributed by atoms with E-state index in [-0.39, 0.29) is 17.8 Å². The van der Waals surface area contributed by atoms with Crippen molar-refractivity contribution in [3.8, 4) is 0 Å². The third-order valence-corrected chi connectivity index (χ3v) is 3.60. The first-order chi connectivity index (χ1) is 11.0. The molecular formula is C14H18N4O5. The SMILES string of the molecule is O=C(CC(C(=O)O)N1CCNCC1)Nc1cccc([N+](=O)[O-])c1. The minimum absolute atomic E-state index is 0.139. The van der Waals surface area contributed by atoms with Crippen molar-refractivity contribution in [3.63, 3.8) is 0 Å². The van der Waals surface area contributed by atoms with Gasteiger partial charge in [0.05, 0.1) is 11.3 Å². The van der Waals surface area contributed by atoms with E-state index in [1.807, 2.05) is 0 Å². The molecule has 124 valence electrons. The van der Waals surface area contributed by atoms with Crippen molar-refractivity contribution in [2.24, 2.45) is 0 Å². The summed E-state index contributed by atoms with van der Waals surface area (Å²) in [5, 5.41) is 25.7. The zero-order valence-electron chi connectivity index (χ0n) is 12.4. The van der Waals surface area contributed by atoms with Crippen LogP contribution in [0, 0.1) is 10.1 Å². The number of non-ortho nitro benzene ring substituents is 1. The van der Waals surface area contributed by atoms with Gasteiger partial charge in [0.2, 0.25) is 5.91 Å². The number of piperazine rings is 1. The van der Waals surface area contributed by atoms with E-state index in [1.54, 1.807) is 4.90 Å². The Morgan fingerprint density at radius 1 is 1.39 bits per heavy atom. The van der Waals surface area contributed by atoms with Crippen LogP contribution in [-0.2, 0) is 9.59 Å². The zero-order chi connectivity index (χ0) is 16.8. The third kappa shape index (κ3) is 4.73. The first kappa shape index (κ1) is 16.8. The van der Waals surface area contributed by atoms with Crippen molar-refractivity contribution < 1.29 is 19.6 Å². The fourth-order valence-corrected chi connectivity index (χ4v) is 2.45. The molecule has 3 N–H and O–H groups in total. The van der Waals surface area contributed by atoms with Crippen molar-refractivity contribution >= 4 is 23.3 Å². The first-order valence-electron chi connectivity index (χ1n) is 7.19. The normalized spacial score (nSPS) is 16.5. The van der Waals surface area contributed by atoms with E-state index in [4.69, 9.17) is 0 Å². The van der Waals surface area contributed by atoms with E-state index >= 15 is 0 Å². The van der Waals surface area contributed by atoms with E-state index in [1.165, 1.54) is 24.3 Å². The molecule has 0 aromatic heterocycles. The van der Waals surface area contributed by atoms with Crippen molar-refractivity contribution in [2.75, 3.05) is 31.5 Å². The van der Waals surface area contributed by atoms with Gasteiger partial charge >= 0.3 is 5.97 Å². The predicted molar refractivity (Wildman–Crippen MR) is 82.2 cm³/mol. The number of carbonyl (C=O) groups excluding carboxylic acids is 1. The molecule has 9 heteroatoms. The maximum absolute atomic E-state index is 12.1. The van der Waals surface area contributed by atoms with Crippen LogP contribution in [0.15, 0.2) is 24.3 Å². The van der Waals surface area contributed by atoms with Gasteiger partial charge < -0.3 is 15.7 Å². The van der Waals surface area contributed by atoms with Gasteiger partial charge in [-0.3, -0.25) is 24.6 Å². The number of benzene rings is 1. The number of nitro groups is 1. The summed E-state index contributed by atoms with van der Waals surface area (Å²) in [6.45, 7) is 2.47. The first-order valence-corrected chi connectivity index (χ1v) is 7.19. The topological polar surface area (TPSA) is 125 Å². The van der Waals surface area contributed by atoms with Crippen LogP contribution in [0.25, 0.3) is 0 Å². The van der Waals surface area contributed by atoms with Gasteiger partial charge in [0, 0.05) is 44.0 Å². The molecule has 1 saturated heterocycles. The summed E-state index contributed by atoms with van der Waals surface area (Å²) in [4.78, 5) is 35.4. The summed E-state index contributed by atoms with van der Waals surface area (Å²) >= 11 is 0. The maximum Gasteiger partial charge on any atom is 0.321 e. The number of carboxylic acid groups (broad SMARTS) is 1. The minimum Gasteiger partial charge on any atom is -0.480 e. The number of anilines is 1. The highest BCUT2D eigenvalue weighted by Crippen LogP contribution is 2.17. The summed E-state index contributed by atoms with van der Waals surface area (Å²) in [6.07, 6.45) is -0.210. The largest absolute Gasteiger partial charge is 0.480 e. The molecule has 1 aliphatic rings. The molecule has 1 fully saturated rings. The molecule has 9 nitrogen and oxygen atoms in total. The molecule has 1 atom stereocenters. The molecule has 1 amide bonds. The number of nitro benzene ring substituents is 1.